The maximum absolute atomic E-state index is 3.55. The predicted molar refractivity (Wildman–Crippen MR) is 75.0 cm³/mol. The van der Waals surface area contributed by atoms with Gasteiger partial charge < -0.3 is 0 Å². The van der Waals surface area contributed by atoms with Crippen molar-refractivity contribution in [3.63, 3.8) is 0 Å². The Hall–Kier alpha value is 1.12. The first-order valence-corrected chi connectivity index (χ1v) is 6.99. The van der Waals surface area contributed by atoms with E-state index in [2.05, 4.69) is 79.3 Å². The highest BCUT2D eigenvalue weighted by molar-refractivity contribution is 14.1. The summed E-state index contributed by atoms with van der Waals surface area (Å²) in [5.41, 5.74) is 0. The zero-order chi connectivity index (χ0) is 8.72. The zero-order valence-corrected chi connectivity index (χ0v) is 12.5. The van der Waals surface area contributed by atoms with Gasteiger partial charge in [-0.15, -0.1) is 11.3 Å². The van der Waals surface area contributed by atoms with Gasteiger partial charge in [0.05, 0.1) is 3.79 Å². The minimum atomic E-state index is 1.24. The fourth-order valence-corrected chi connectivity index (χ4v) is 5.17. The Bertz CT molecular complexity index is 436. The van der Waals surface area contributed by atoms with Gasteiger partial charge >= 0.3 is 0 Å². The molecule has 4 heteroatoms. The summed E-state index contributed by atoms with van der Waals surface area (Å²) in [6, 6.07) is 6.41. The van der Waals surface area contributed by atoms with Crippen LogP contribution in [0.25, 0.3) is 10.1 Å². The average molecular weight is 465 g/mol. The summed E-state index contributed by atoms with van der Waals surface area (Å²) >= 11 is 10.1. The van der Waals surface area contributed by atoms with Gasteiger partial charge in [-0.1, -0.05) is 6.07 Å². The van der Waals surface area contributed by atoms with Crippen molar-refractivity contribution in [2.45, 2.75) is 0 Å². The molecular weight excluding hydrogens is 462 g/mol. The Labute approximate surface area is 110 Å². The fourth-order valence-electron chi connectivity index (χ4n) is 1.04. The molecule has 1 heterocycles. The van der Waals surface area contributed by atoms with Crippen LogP contribution in [-0.4, -0.2) is 0 Å². The molecule has 12 heavy (non-hydrogen) atoms. The third-order valence-electron chi connectivity index (χ3n) is 1.57. The van der Waals surface area contributed by atoms with E-state index in [4.69, 9.17) is 0 Å². The lowest BCUT2D eigenvalue weighted by molar-refractivity contribution is 1.75. The monoisotopic (exact) mass is 464 g/mol. The van der Waals surface area contributed by atoms with E-state index >= 15 is 0 Å². The van der Waals surface area contributed by atoms with Crippen LogP contribution in [0, 0.1) is 7.14 Å². The van der Waals surface area contributed by atoms with Crippen molar-refractivity contribution in [1.82, 2.24) is 0 Å². The van der Waals surface area contributed by atoms with Crippen molar-refractivity contribution in [2.75, 3.05) is 0 Å². The lowest BCUT2D eigenvalue weighted by Gasteiger charge is -1.93. The first kappa shape index (κ1) is 9.67. The summed E-state index contributed by atoms with van der Waals surface area (Å²) in [5, 5.41) is 1.38. The van der Waals surface area contributed by atoms with Crippen molar-refractivity contribution in [1.29, 1.82) is 0 Å². The second-order valence-electron chi connectivity index (χ2n) is 2.30. The van der Waals surface area contributed by atoms with E-state index in [1.54, 1.807) is 11.3 Å². The van der Waals surface area contributed by atoms with Crippen molar-refractivity contribution >= 4 is 82.5 Å². The number of benzene rings is 1. The van der Waals surface area contributed by atoms with Crippen molar-refractivity contribution in [3.05, 3.63) is 29.1 Å². The Balaban J connectivity index is 2.97. The molecule has 0 N–H and O–H groups in total. The SMILES string of the molecule is Brc1sc2cccc(I)c2c1I. The molecule has 2 aromatic rings. The number of fused-ring (bicyclic) bond motifs is 1. The number of thiophene rings is 1. The molecule has 0 amide bonds. The standard InChI is InChI=1S/C8H3BrI2S/c9-8-7(11)6-4(10)2-1-3-5(6)12-8/h1-3H. The molecule has 0 aliphatic rings. The van der Waals surface area contributed by atoms with Gasteiger partial charge in [-0.2, -0.15) is 0 Å². The molecule has 0 nitrogen and oxygen atoms in total. The van der Waals surface area contributed by atoms with E-state index in [0.717, 1.165) is 0 Å². The van der Waals surface area contributed by atoms with Crippen LogP contribution in [0.5, 0.6) is 0 Å². The summed E-state index contributed by atoms with van der Waals surface area (Å²) < 4.78 is 5.26. The van der Waals surface area contributed by atoms with Gasteiger partial charge in [0.1, 0.15) is 0 Å². The second-order valence-corrected chi connectivity index (χ2v) is 6.91. The highest BCUT2D eigenvalue weighted by Crippen LogP contribution is 2.38. The number of hydrogen-bond donors (Lipinski definition) is 0. The lowest BCUT2D eigenvalue weighted by atomic mass is 10.3. The molecule has 0 spiro atoms. The summed E-state index contributed by atoms with van der Waals surface area (Å²) in [5.74, 6) is 0. The van der Waals surface area contributed by atoms with Gasteiger partial charge in [-0.25, -0.2) is 0 Å². The molecule has 0 saturated heterocycles. The fraction of sp³-hybridized carbons (Fsp3) is 0. The molecule has 62 valence electrons. The molecule has 0 fully saturated rings. The summed E-state index contributed by atoms with van der Waals surface area (Å²) in [6.45, 7) is 0. The first-order valence-electron chi connectivity index (χ1n) is 3.22. The van der Waals surface area contributed by atoms with Crippen LogP contribution in [0.2, 0.25) is 0 Å². The van der Waals surface area contributed by atoms with Crippen LogP contribution in [-0.2, 0) is 0 Å². The zero-order valence-electron chi connectivity index (χ0n) is 5.77. The van der Waals surface area contributed by atoms with Gasteiger partial charge in [-0.3, -0.25) is 0 Å². The maximum Gasteiger partial charge on any atom is 0.0844 e. The molecule has 0 aliphatic heterocycles. The molecular formula is C8H3BrI2S. The highest BCUT2D eigenvalue weighted by Gasteiger charge is 2.09. The van der Waals surface area contributed by atoms with Crippen LogP contribution in [0.4, 0.5) is 0 Å². The lowest BCUT2D eigenvalue weighted by Crippen LogP contribution is -1.73. The Kier molecular flexibility index (Phi) is 2.98. The highest BCUT2D eigenvalue weighted by atomic mass is 127. The quantitative estimate of drug-likeness (QED) is 0.488. The van der Waals surface area contributed by atoms with Crippen LogP contribution in [0.1, 0.15) is 0 Å². The normalized spacial score (nSPS) is 10.9. The summed E-state index contributed by atoms with van der Waals surface area (Å²) in [7, 11) is 0. The van der Waals surface area contributed by atoms with Gasteiger partial charge in [0.2, 0.25) is 0 Å². The molecule has 0 atom stereocenters. The Morgan fingerprint density at radius 3 is 2.67 bits per heavy atom. The van der Waals surface area contributed by atoms with E-state index in [1.165, 1.54) is 21.0 Å². The van der Waals surface area contributed by atoms with Gasteiger partial charge in [0.25, 0.3) is 0 Å². The maximum atomic E-state index is 3.55. The average Bonchev–Trinajstić information content (AvgIpc) is 2.29. The molecule has 0 aliphatic carbocycles. The third-order valence-corrected chi connectivity index (χ3v) is 6.48. The Morgan fingerprint density at radius 1 is 1.25 bits per heavy atom. The van der Waals surface area contributed by atoms with Crippen molar-refractivity contribution < 1.29 is 0 Å². The van der Waals surface area contributed by atoms with Gasteiger partial charge in [0, 0.05) is 17.2 Å². The van der Waals surface area contributed by atoms with Crippen LogP contribution >= 0.6 is 72.4 Å². The van der Waals surface area contributed by atoms with E-state index in [0.29, 0.717) is 0 Å². The molecule has 0 radical (unpaired) electrons. The smallest absolute Gasteiger partial charge is 0.0844 e. The Morgan fingerprint density at radius 2 is 2.00 bits per heavy atom. The van der Waals surface area contributed by atoms with E-state index in [1.807, 2.05) is 0 Å². The second kappa shape index (κ2) is 3.70. The summed E-state index contributed by atoms with van der Waals surface area (Å²) in [6.07, 6.45) is 0. The first-order chi connectivity index (χ1) is 5.70. The van der Waals surface area contributed by atoms with Gasteiger partial charge in [0.15, 0.2) is 0 Å². The minimum Gasteiger partial charge on any atom is -0.127 e. The number of hydrogen-bond acceptors (Lipinski definition) is 1. The molecule has 1 aromatic heterocycles. The van der Waals surface area contributed by atoms with Crippen molar-refractivity contribution in [3.8, 4) is 0 Å². The van der Waals surface area contributed by atoms with E-state index in [9.17, 15) is 0 Å². The molecule has 0 bridgehead atoms. The van der Waals surface area contributed by atoms with Crippen molar-refractivity contribution in [2.24, 2.45) is 0 Å². The van der Waals surface area contributed by atoms with Crippen LogP contribution in [0.3, 0.4) is 0 Å². The third kappa shape index (κ3) is 1.55. The number of halogens is 3. The van der Waals surface area contributed by atoms with Gasteiger partial charge in [-0.05, 0) is 73.2 Å². The summed E-state index contributed by atoms with van der Waals surface area (Å²) in [4.78, 5) is 0. The molecule has 2 rings (SSSR count). The predicted octanol–water partition coefficient (Wildman–Crippen LogP) is 4.87. The van der Waals surface area contributed by atoms with E-state index < -0.39 is 0 Å². The number of rotatable bonds is 0. The molecule has 1 aromatic carbocycles. The van der Waals surface area contributed by atoms with E-state index in [-0.39, 0.29) is 0 Å². The molecule has 0 saturated carbocycles. The largest absolute Gasteiger partial charge is 0.127 e. The van der Waals surface area contributed by atoms with Crippen LogP contribution in [0.15, 0.2) is 22.0 Å². The van der Waals surface area contributed by atoms with Crippen LogP contribution < -0.4 is 0 Å². The molecule has 0 unspecified atom stereocenters. The topological polar surface area (TPSA) is 0 Å². The minimum absolute atomic E-state index is 1.24.